The summed E-state index contributed by atoms with van der Waals surface area (Å²) >= 11 is 5.28. The Kier molecular flexibility index (Phi) is 3.31. The molecule has 0 radical (unpaired) electrons. The SMILES string of the molecule is N#CCc1nc(F)c(Cl)cc1C(F)F. The van der Waals surface area contributed by atoms with Crippen LogP contribution in [0.1, 0.15) is 17.7 Å². The number of pyridine rings is 1. The second kappa shape index (κ2) is 4.29. The maximum absolute atomic E-state index is 12.7. The average Bonchev–Trinajstić information content (AvgIpc) is 2.11. The zero-order valence-corrected chi connectivity index (χ0v) is 7.52. The summed E-state index contributed by atoms with van der Waals surface area (Å²) in [6.07, 6.45) is -3.18. The summed E-state index contributed by atoms with van der Waals surface area (Å²) in [4.78, 5) is 3.18. The standard InChI is InChI=1S/C8H4ClF3N2/c9-5-3-4(7(10)11)6(1-2-13)14-8(5)12/h3,7H,1H2. The van der Waals surface area contributed by atoms with Crippen LogP contribution in [0.3, 0.4) is 0 Å². The zero-order chi connectivity index (χ0) is 10.7. The van der Waals surface area contributed by atoms with Crippen LogP contribution in [-0.2, 0) is 6.42 Å². The molecule has 0 bridgehead atoms. The summed E-state index contributed by atoms with van der Waals surface area (Å²) in [7, 11) is 0. The van der Waals surface area contributed by atoms with Gasteiger partial charge in [-0.05, 0) is 6.07 Å². The van der Waals surface area contributed by atoms with E-state index in [1.165, 1.54) is 0 Å². The normalized spacial score (nSPS) is 10.3. The van der Waals surface area contributed by atoms with Gasteiger partial charge in [0, 0.05) is 5.56 Å². The van der Waals surface area contributed by atoms with Crippen molar-refractivity contribution < 1.29 is 13.2 Å². The summed E-state index contributed by atoms with van der Waals surface area (Å²) in [5.74, 6) is -1.04. The number of hydrogen-bond donors (Lipinski definition) is 0. The van der Waals surface area contributed by atoms with Crippen LogP contribution in [-0.4, -0.2) is 4.98 Å². The Morgan fingerprint density at radius 3 is 2.71 bits per heavy atom. The predicted octanol–water partition coefficient (Wildman–Crippen LogP) is 2.88. The van der Waals surface area contributed by atoms with Crippen molar-refractivity contribution in [3.05, 3.63) is 28.3 Å². The van der Waals surface area contributed by atoms with Crippen molar-refractivity contribution in [2.45, 2.75) is 12.8 Å². The largest absolute Gasteiger partial charge is 0.265 e. The highest BCUT2D eigenvalue weighted by atomic mass is 35.5. The van der Waals surface area contributed by atoms with E-state index < -0.39 is 23.0 Å². The van der Waals surface area contributed by atoms with Crippen LogP contribution in [0.2, 0.25) is 5.02 Å². The van der Waals surface area contributed by atoms with Crippen LogP contribution >= 0.6 is 11.6 Å². The maximum atomic E-state index is 12.7. The van der Waals surface area contributed by atoms with E-state index in [4.69, 9.17) is 16.9 Å². The number of alkyl halides is 2. The van der Waals surface area contributed by atoms with Gasteiger partial charge in [-0.1, -0.05) is 11.6 Å². The molecule has 0 amide bonds. The van der Waals surface area contributed by atoms with E-state index in [0.717, 1.165) is 6.07 Å². The molecule has 1 rings (SSSR count). The van der Waals surface area contributed by atoms with Crippen molar-refractivity contribution in [2.24, 2.45) is 0 Å². The van der Waals surface area contributed by atoms with Gasteiger partial charge in [0.15, 0.2) is 0 Å². The summed E-state index contributed by atoms with van der Waals surface area (Å²) in [5.41, 5.74) is -0.776. The molecule has 0 unspecified atom stereocenters. The second-order valence-corrected chi connectivity index (χ2v) is 2.84. The van der Waals surface area contributed by atoms with Gasteiger partial charge in [0.2, 0.25) is 5.95 Å². The van der Waals surface area contributed by atoms with E-state index in [9.17, 15) is 13.2 Å². The minimum Gasteiger partial charge on any atom is -0.222 e. The van der Waals surface area contributed by atoms with E-state index in [1.807, 2.05) is 0 Å². The fourth-order valence-electron chi connectivity index (χ4n) is 0.921. The monoisotopic (exact) mass is 220 g/mol. The van der Waals surface area contributed by atoms with Crippen molar-refractivity contribution in [1.29, 1.82) is 5.26 Å². The molecule has 1 heterocycles. The minimum atomic E-state index is -2.82. The number of hydrogen-bond acceptors (Lipinski definition) is 2. The molecule has 0 saturated heterocycles. The highest BCUT2D eigenvalue weighted by Gasteiger charge is 2.17. The topological polar surface area (TPSA) is 36.7 Å². The van der Waals surface area contributed by atoms with E-state index in [0.29, 0.717) is 0 Å². The molecule has 0 aliphatic heterocycles. The number of rotatable bonds is 2. The molecule has 14 heavy (non-hydrogen) atoms. The first-order chi connectivity index (χ1) is 6.56. The molecule has 0 aliphatic rings. The highest BCUT2D eigenvalue weighted by molar-refractivity contribution is 6.30. The molecule has 2 nitrogen and oxygen atoms in total. The lowest BCUT2D eigenvalue weighted by atomic mass is 10.1. The number of halogens is 4. The summed E-state index contributed by atoms with van der Waals surface area (Å²) in [6.45, 7) is 0. The lowest BCUT2D eigenvalue weighted by Crippen LogP contribution is -2.00. The number of nitrogens with zero attached hydrogens (tertiary/aromatic N) is 2. The first-order valence-corrected chi connectivity index (χ1v) is 3.94. The highest BCUT2D eigenvalue weighted by Crippen LogP contribution is 2.26. The van der Waals surface area contributed by atoms with Gasteiger partial charge in [-0.2, -0.15) is 9.65 Å². The molecule has 74 valence electrons. The van der Waals surface area contributed by atoms with Crippen molar-refractivity contribution in [2.75, 3.05) is 0 Å². The van der Waals surface area contributed by atoms with Gasteiger partial charge in [0.05, 0.1) is 23.2 Å². The van der Waals surface area contributed by atoms with Crippen LogP contribution in [0.5, 0.6) is 0 Å². The van der Waals surface area contributed by atoms with Crippen LogP contribution in [0, 0.1) is 17.3 Å². The Morgan fingerprint density at radius 1 is 1.57 bits per heavy atom. The number of aromatic nitrogens is 1. The Hall–Kier alpha value is -1.28. The lowest BCUT2D eigenvalue weighted by molar-refractivity contribution is 0.149. The van der Waals surface area contributed by atoms with Gasteiger partial charge in [-0.3, -0.25) is 0 Å². The molecule has 0 fully saturated rings. The number of nitriles is 1. The van der Waals surface area contributed by atoms with Gasteiger partial charge in [0.25, 0.3) is 6.43 Å². The molecule has 1 aromatic heterocycles. The van der Waals surface area contributed by atoms with E-state index in [2.05, 4.69) is 4.98 Å². The Labute approximate surface area is 82.9 Å². The van der Waals surface area contributed by atoms with Gasteiger partial charge < -0.3 is 0 Å². The molecular formula is C8H4ClF3N2. The first kappa shape index (κ1) is 10.8. The minimum absolute atomic E-state index is 0.274. The third-order valence-corrected chi connectivity index (χ3v) is 1.79. The van der Waals surface area contributed by atoms with Crippen LogP contribution < -0.4 is 0 Å². The van der Waals surface area contributed by atoms with Crippen molar-refractivity contribution in [3.8, 4) is 6.07 Å². The molecule has 6 heteroatoms. The molecule has 0 spiro atoms. The second-order valence-electron chi connectivity index (χ2n) is 2.43. The molecule has 0 N–H and O–H groups in total. The van der Waals surface area contributed by atoms with Crippen molar-refractivity contribution in [1.82, 2.24) is 4.98 Å². The van der Waals surface area contributed by atoms with Gasteiger partial charge in [0.1, 0.15) is 0 Å². The van der Waals surface area contributed by atoms with Crippen molar-refractivity contribution in [3.63, 3.8) is 0 Å². The summed E-state index contributed by atoms with van der Waals surface area (Å²) < 4.78 is 37.4. The average molecular weight is 221 g/mol. The van der Waals surface area contributed by atoms with Gasteiger partial charge in [-0.15, -0.1) is 0 Å². The molecule has 0 aromatic carbocycles. The van der Waals surface area contributed by atoms with Gasteiger partial charge in [-0.25, -0.2) is 13.8 Å². The fourth-order valence-corrected chi connectivity index (χ4v) is 1.08. The zero-order valence-electron chi connectivity index (χ0n) is 6.77. The third-order valence-electron chi connectivity index (χ3n) is 1.53. The summed E-state index contributed by atoms with van der Waals surface area (Å²) in [5, 5.41) is 7.83. The summed E-state index contributed by atoms with van der Waals surface area (Å²) in [6, 6.07) is 2.41. The Bertz CT molecular complexity index is 387. The molecule has 0 saturated carbocycles. The Balaban J connectivity index is 3.25. The van der Waals surface area contributed by atoms with Crippen molar-refractivity contribution >= 4 is 11.6 Å². The van der Waals surface area contributed by atoms with E-state index in [1.54, 1.807) is 6.07 Å². The quantitative estimate of drug-likeness (QED) is 0.719. The molecule has 0 aliphatic carbocycles. The Morgan fingerprint density at radius 2 is 2.21 bits per heavy atom. The van der Waals surface area contributed by atoms with Crippen LogP contribution in [0.4, 0.5) is 13.2 Å². The third kappa shape index (κ3) is 2.15. The van der Waals surface area contributed by atoms with Crippen LogP contribution in [0.25, 0.3) is 0 Å². The lowest BCUT2D eigenvalue weighted by Gasteiger charge is -2.05. The maximum Gasteiger partial charge on any atom is 0.265 e. The first-order valence-electron chi connectivity index (χ1n) is 3.56. The predicted molar refractivity (Wildman–Crippen MR) is 43.5 cm³/mol. The van der Waals surface area contributed by atoms with E-state index in [-0.39, 0.29) is 12.1 Å². The van der Waals surface area contributed by atoms with E-state index >= 15 is 0 Å². The molecule has 0 atom stereocenters. The molecule has 1 aromatic rings. The van der Waals surface area contributed by atoms with Gasteiger partial charge >= 0.3 is 0 Å². The fraction of sp³-hybridized carbons (Fsp3) is 0.250. The van der Waals surface area contributed by atoms with Crippen LogP contribution in [0.15, 0.2) is 6.07 Å². The smallest absolute Gasteiger partial charge is 0.222 e. The molecular weight excluding hydrogens is 217 g/mol.